The Hall–Kier alpha value is -1.63. The molecule has 0 aliphatic carbocycles. The van der Waals surface area contributed by atoms with Crippen molar-refractivity contribution in [2.75, 3.05) is 19.6 Å². The Balaban J connectivity index is 2.57. The Kier molecular flexibility index (Phi) is 7.14. The molecule has 1 fully saturated rings. The topological polar surface area (TPSA) is 113 Å². The van der Waals surface area contributed by atoms with E-state index in [1.54, 1.807) is 0 Å². The highest BCUT2D eigenvalue weighted by Crippen LogP contribution is 2.13. The first kappa shape index (κ1) is 17.4. The van der Waals surface area contributed by atoms with Crippen LogP contribution in [0.3, 0.4) is 0 Å². The van der Waals surface area contributed by atoms with Gasteiger partial charge in [-0.3, -0.25) is 14.4 Å². The summed E-state index contributed by atoms with van der Waals surface area (Å²) in [5.74, 6) is -0.843. The van der Waals surface area contributed by atoms with E-state index in [9.17, 15) is 14.4 Å². The maximum atomic E-state index is 12.2. The van der Waals surface area contributed by atoms with Crippen molar-refractivity contribution >= 4 is 17.7 Å². The molecule has 1 aliphatic rings. The van der Waals surface area contributed by atoms with E-state index in [4.69, 9.17) is 5.73 Å². The molecule has 1 rings (SSSR count). The molecule has 0 saturated carbocycles. The van der Waals surface area contributed by atoms with Crippen LogP contribution in [0.4, 0.5) is 0 Å². The van der Waals surface area contributed by atoms with Gasteiger partial charge in [-0.2, -0.15) is 0 Å². The lowest BCUT2D eigenvalue weighted by Gasteiger charge is -2.25. The van der Waals surface area contributed by atoms with Crippen LogP contribution in [0.15, 0.2) is 0 Å². The van der Waals surface area contributed by atoms with Crippen LogP contribution in [0.1, 0.15) is 33.1 Å². The summed E-state index contributed by atoms with van der Waals surface area (Å²) in [5.41, 5.74) is 5.01. The smallest absolute Gasteiger partial charge is 0.243 e. The van der Waals surface area contributed by atoms with E-state index in [1.165, 1.54) is 0 Å². The van der Waals surface area contributed by atoms with E-state index < -0.39 is 11.9 Å². The molecule has 0 radical (unpaired) electrons. The van der Waals surface area contributed by atoms with Crippen molar-refractivity contribution in [3.63, 3.8) is 0 Å². The molecular formula is C14H26N4O3. The molecule has 1 aliphatic heterocycles. The fourth-order valence-corrected chi connectivity index (χ4v) is 2.37. The predicted molar refractivity (Wildman–Crippen MR) is 79.2 cm³/mol. The van der Waals surface area contributed by atoms with Crippen LogP contribution in [0, 0.1) is 11.8 Å². The molecule has 0 aromatic carbocycles. The van der Waals surface area contributed by atoms with Crippen LogP contribution in [-0.4, -0.2) is 43.4 Å². The lowest BCUT2D eigenvalue weighted by atomic mass is 9.95. The van der Waals surface area contributed by atoms with Crippen molar-refractivity contribution in [3.05, 3.63) is 0 Å². The summed E-state index contributed by atoms with van der Waals surface area (Å²) in [4.78, 5) is 35.0. The summed E-state index contributed by atoms with van der Waals surface area (Å²) in [6, 6.07) is -0.619. The third-order valence-electron chi connectivity index (χ3n) is 3.49. The highest BCUT2D eigenvalue weighted by atomic mass is 16.2. The molecule has 5 N–H and O–H groups in total. The zero-order valence-electron chi connectivity index (χ0n) is 12.8. The molecule has 0 spiro atoms. The molecule has 1 unspecified atom stereocenters. The van der Waals surface area contributed by atoms with Gasteiger partial charge in [0.1, 0.15) is 6.04 Å². The minimum atomic E-state index is -0.619. The van der Waals surface area contributed by atoms with Gasteiger partial charge in [-0.25, -0.2) is 0 Å². The van der Waals surface area contributed by atoms with Gasteiger partial charge in [0.05, 0.1) is 6.54 Å². The second-order valence-corrected chi connectivity index (χ2v) is 5.90. The van der Waals surface area contributed by atoms with E-state index in [0.29, 0.717) is 6.42 Å². The zero-order chi connectivity index (χ0) is 15.8. The summed E-state index contributed by atoms with van der Waals surface area (Å²) in [7, 11) is 0. The predicted octanol–water partition coefficient (Wildman–Crippen LogP) is -0.882. The number of nitrogens with two attached hydrogens (primary N) is 1. The Morgan fingerprint density at radius 2 is 1.86 bits per heavy atom. The van der Waals surface area contributed by atoms with E-state index in [-0.39, 0.29) is 30.2 Å². The van der Waals surface area contributed by atoms with E-state index in [0.717, 1.165) is 25.9 Å². The number of amides is 3. The van der Waals surface area contributed by atoms with Gasteiger partial charge in [0.2, 0.25) is 17.7 Å². The molecule has 1 atom stereocenters. The Morgan fingerprint density at radius 1 is 1.24 bits per heavy atom. The van der Waals surface area contributed by atoms with Crippen LogP contribution in [0.25, 0.3) is 0 Å². The molecule has 0 aromatic rings. The van der Waals surface area contributed by atoms with Gasteiger partial charge >= 0.3 is 0 Å². The average molecular weight is 298 g/mol. The van der Waals surface area contributed by atoms with E-state index in [2.05, 4.69) is 16.0 Å². The van der Waals surface area contributed by atoms with Crippen LogP contribution in [0.2, 0.25) is 0 Å². The SMILES string of the molecule is CC(C)CC(NC(=O)C1CCNCC1)C(=O)NCC(N)=O. The molecule has 1 saturated heterocycles. The van der Waals surface area contributed by atoms with Gasteiger partial charge in [0.15, 0.2) is 0 Å². The van der Waals surface area contributed by atoms with Crippen molar-refractivity contribution in [2.45, 2.75) is 39.2 Å². The number of nitrogens with one attached hydrogen (secondary N) is 3. The number of carbonyl (C=O) groups excluding carboxylic acids is 3. The van der Waals surface area contributed by atoms with Gasteiger partial charge in [0.25, 0.3) is 0 Å². The number of primary amides is 1. The summed E-state index contributed by atoms with van der Waals surface area (Å²) in [5, 5.41) is 8.47. The summed E-state index contributed by atoms with van der Waals surface area (Å²) < 4.78 is 0. The van der Waals surface area contributed by atoms with Crippen molar-refractivity contribution in [1.29, 1.82) is 0 Å². The Bertz CT molecular complexity index is 378. The molecule has 7 nitrogen and oxygen atoms in total. The third-order valence-corrected chi connectivity index (χ3v) is 3.49. The number of piperidine rings is 1. The van der Waals surface area contributed by atoms with Gasteiger partial charge in [-0.1, -0.05) is 13.8 Å². The number of hydrogen-bond acceptors (Lipinski definition) is 4. The molecule has 120 valence electrons. The Morgan fingerprint density at radius 3 is 2.38 bits per heavy atom. The molecule has 1 heterocycles. The monoisotopic (exact) mass is 298 g/mol. The maximum Gasteiger partial charge on any atom is 0.243 e. The van der Waals surface area contributed by atoms with E-state index in [1.807, 2.05) is 13.8 Å². The molecule has 21 heavy (non-hydrogen) atoms. The van der Waals surface area contributed by atoms with Crippen LogP contribution >= 0.6 is 0 Å². The minimum Gasteiger partial charge on any atom is -0.368 e. The summed E-state index contributed by atoms with van der Waals surface area (Å²) in [6.07, 6.45) is 2.09. The summed E-state index contributed by atoms with van der Waals surface area (Å²) >= 11 is 0. The zero-order valence-corrected chi connectivity index (χ0v) is 12.8. The second-order valence-electron chi connectivity index (χ2n) is 5.90. The number of hydrogen-bond donors (Lipinski definition) is 4. The van der Waals surface area contributed by atoms with Gasteiger partial charge in [-0.05, 0) is 38.3 Å². The lowest BCUT2D eigenvalue weighted by molar-refractivity contribution is -0.132. The normalized spacial score (nSPS) is 17.3. The highest BCUT2D eigenvalue weighted by Gasteiger charge is 2.27. The van der Waals surface area contributed by atoms with Gasteiger partial charge < -0.3 is 21.7 Å². The fraction of sp³-hybridized carbons (Fsp3) is 0.786. The van der Waals surface area contributed by atoms with Gasteiger partial charge in [-0.15, -0.1) is 0 Å². The van der Waals surface area contributed by atoms with Crippen LogP contribution < -0.4 is 21.7 Å². The van der Waals surface area contributed by atoms with Crippen molar-refractivity contribution in [1.82, 2.24) is 16.0 Å². The first-order chi connectivity index (χ1) is 9.90. The Labute approximate surface area is 125 Å². The first-order valence-corrected chi connectivity index (χ1v) is 7.47. The van der Waals surface area contributed by atoms with E-state index >= 15 is 0 Å². The molecule has 3 amide bonds. The molecule has 0 aromatic heterocycles. The largest absolute Gasteiger partial charge is 0.368 e. The molecule has 7 heteroatoms. The first-order valence-electron chi connectivity index (χ1n) is 7.47. The summed E-state index contributed by atoms with van der Waals surface area (Å²) in [6.45, 7) is 5.38. The van der Waals surface area contributed by atoms with Gasteiger partial charge in [0, 0.05) is 5.92 Å². The third kappa shape index (κ3) is 6.57. The average Bonchev–Trinajstić information content (AvgIpc) is 2.44. The lowest BCUT2D eigenvalue weighted by Crippen LogP contribution is -2.51. The quantitative estimate of drug-likeness (QED) is 0.488. The second kappa shape index (κ2) is 8.61. The highest BCUT2D eigenvalue weighted by molar-refractivity contribution is 5.90. The fourth-order valence-electron chi connectivity index (χ4n) is 2.37. The molecular weight excluding hydrogens is 272 g/mol. The minimum absolute atomic E-state index is 0.0511. The van der Waals surface area contributed by atoms with Crippen LogP contribution in [-0.2, 0) is 14.4 Å². The van der Waals surface area contributed by atoms with Crippen molar-refractivity contribution < 1.29 is 14.4 Å². The van der Waals surface area contributed by atoms with Crippen molar-refractivity contribution in [2.24, 2.45) is 17.6 Å². The standard InChI is InChI=1S/C14H26N4O3/c1-9(2)7-11(14(21)17-8-12(15)19)18-13(20)10-3-5-16-6-4-10/h9-11,16H,3-8H2,1-2H3,(H2,15,19)(H,17,21)(H,18,20). The van der Waals surface area contributed by atoms with Crippen LogP contribution in [0.5, 0.6) is 0 Å². The number of rotatable bonds is 7. The number of carbonyl (C=O) groups is 3. The van der Waals surface area contributed by atoms with Crippen molar-refractivity contribution in [3.8, 4) is 0 Å². The molecule has 0 bridgehead atoms. The maximum absolute atomic E-state index is 12.2.